The predicted octanol–water partition coefficient (Wildman–Crippen LogP) is 1.29. The van der Waals surface area contributed by atoms with Crippen molar-refractivity contribution in [3.8, 4) is 0 Å². The number of nitrogens with zero attached hydrogens (tertiary/aromatic N) is 2. The van der Waals surface area contributed by atoms with Gasteiger partial charge in [-0.25, -0.2) is 4.79 Å². The number of amides is 1. The average molecular weight is 237 g/mol. The average Bonchev–Trinajstić information content (AvgIpc) is 2.57. The Morgan fingerprint density at radius 3 is 2.82 bits per heavy atom. The van der Waals surface area contributed by atoms with Gasteiger partial charge in [-0.05, 0) is 38.3 Å². The lowest BCUT2D eigenvalue weighted by Crippen LogP contribution is -2.41. The molecule has 0 atom stereocenters. The van der Waals surface area contributed by atoms with Gasteiger partial charge in [-0.1, -0.05) is 0 Å². The molecule has 0 bridgehead atoms. The Morgan fingerprint density at radius 2 is 2.18 bits per heavy atom. The summed E-state index contributed by atoms with van der Waals surface area (Å²) in [7, 11) is 0. The molecule has 1 amide bonds. The van der Waals surface area contributed by atoms with Crippen molar-refractivity contribution >= 4 is 11.9 Å². The highest BCUT2D eigenvalue weighted by molar-refractivity contribution is 6.00. The molecule has 2 rings (SSSR count). The van der Waals surface area contributed by atoms with Crippen LogP contribution in [0, 0.1) is 0 Å². The van der Waals surface area contributed by atoms with Crippen LogP contribution in [0.2, 0.25) is 0 Å². The van der Waals surface area contributed by atoms with Crippen molar-refractivity contribution in [2.75, 3.05) is 19.6 Å². The van der Waals surface area contributed by atoms with Gasteiger partial charge in [-0.2, -0.15) is 0 Å². The quantitative estimate of drug-likeness (QED) is 0.690. The third kappa shape index (κ3) is 2.60. The first kappa shape index (κ1) is 12.0. The van der Waals surface area contributed by atoms with Gasteiger partial charge in [0.05, 0.1) is 6.54 Å². The molecule has 2 aliphatic heterocycles. The van der Waals surface area contributed by atoms with E-state index in [0.29, 0.717) is 25.5 Å². The molecule has 0 spiro atoms. The molecule has 0 aromatic rings. The molecular formula is C12H19N3O2. The second-order valence-electron chi connectivity index (χ2n) is 5.44. The molecule has 0 fully saturated rings. The first-order valence-corrected chi connectivity index (χ1v) is 5.86. The van der Waals surface area contributed by atoms with Crippen LogP contribution in [-0.2, 0) is 4.74 Å². The summed E-state index contributed by atoms with van der Waals surface area (Å²) in [6.45, 7) is 7.49. The summed E-state index contributed by atoms with van der Waals surface area (Å²) in [5.41, 5.74) is 7.60. The summed E-state index contributed by atoms with van der Waals surface area (Å²) in [5.74, 6) is 0.642. The maximum atomic E-state index is 11.9. The van der Waals surface area contributed by atoms with Crippen molar-refractivity contribution < 1.29 is 9.53 Å². The summed E-state index contributed by atoms with van der Waals surface area (Å²) < 4.78 is 5.35. The second kappa shape index (κ2) is 4.05. The lowest BCUT2D eigenvalue weighted by molar-refractivity contribution is 0.0261. The first-order chi connectivity index (χ1) is 7.87. The molecule has 0 aliphatic carbocycles. The van der Waals surface area contributed by atoms with Crippen molar-refractivity contribution in [2.24, 2.45) is 10.7 Å². The number of carbonyl (C=O) groups excluding carboxylic acids is 1. The number of amidine groups is 1. The molecule has 5 nitrogen and oxygen atoms in total. The molecule has 2 N–H and O–H groups in total. The van der Waals surface area contributed by atoms with Crippen LogP contribution in [0.5, 0.6) is 0 Å². The van der Waals surface area contributed by atoms with Crippen molar-refractivity contribution in [3.63, 3.8) is 0 Å². The Hall–Kier alpha value is -1.52. The number of hydrogen-bond donors (Lipinski definition) is 1. The SMILES string of the molecule is CC(C)(C)OC(=O)N1CCC2=C(CN=C2N)C1. The molecule has 0 saturated carbocycles. The van der Waals surface area contributed by atoms with Gasteiger partial charge in [0.25, 0.3) is 0 Å². The number of aliphatic imine (C=N–C) groups is 1. The fourth-order valence-electron chi connectivity index (χ4n) is 2.04. The Bertz CT molecular complexity index is 404. The standard InChI is InChI=1S/C12H19N3O2/c1-12(2,3)17-11(16)15-5-4-9-8(7-15)6-14-10(9)13/h4-7H2,1-3H3,(H2,13,14). The zero-order chi connectivity index (χ0) is 12.6. The van der Waals surface area contributed by atoms with E-state index >= 15 is 0 Å². The minimum atomic E-state index is -0.447. The Balaban J connectivity index is 2.00. The molecule has 2 heterocycles. The van der Waals surface area contributed by atoms with Gasteiger partial charge < -0.3 is 15.4 Å². The number of ether oxygens (including phenoxy) is 1. The lowest BCUT2D eigenvalue weighted by Gasteiger charge is -2.30. The van der Waals surface area contributed by atoms with E-state index < -0.39 is 5.60 Å². The molecule has 0 aromatic carbocycles. The van der Waals surface area contributed by atoms with E-state index in [1.165, 1.54) is 0 Å². The van der Waals surface area contributed by atoms with Gasteiger partial charge in [0.1, 0.15) is 11.4 Å². The zero-order valence-corrected chi connectivity index (χ0v) is 10.6. The van der Waals surface area contributed by atoms with E-state index in [1.807, 2.05) is 20.8 Å². The first-order valence-electron chi connectivity index (χ1n) is 5.86. The summed E-state index contributed by atoms with van der Waals surface area (Å²) >= 11 is 0. The molecule has 17 heavy (non-hydrogen) atoms. The van der Waals surface area contributed by atoms with Crippen LogP contribution in [0.25, 0.3) is 0 Å². The van der Waals surface area contributed by atoms with Gasteiger partial charge >= 0.3 is 6.09 Å². The lowest BCUT2D eigenvalue weighted by atomic mass is 10.0. The highest BCUT2D eigenvalue weighted by atomic mass is 16.6. The summed E-state index contributed by atoms with van der Waals surface area (Å²) in [6.07, 6.45) is 0.527. The number of nitrogens with two attached hydrogens (primary N) is 1. The van der Waals surface area contributed by atoms with Gasteiger partial charge in [-0.15, -0.1) is 0 Å². The molecule has 5 heteroatoms. The van der Waals surface area contributed by atoms with Gasteiger partial charge in [0.2, 0.25) is 0 Å². The minimum absolute atomic E-state index is 0.255. The van der Waals surface area contributed by atoms with Crippen molar-refractivity contribution in [1.82, 2.24) is 4.90 Å². The minimum Gasteiger partial charge on any atom is -0.444 e. The Labute approximate surface area is 101 Å². The van der Waals surface area contributed by atoms with E-state index in [0.717, 1.165) is 17.6 Å². The molecule has 2 aliphatic rings. The van der Waals surface area contributed by atoms with Gasteiger partial charge in [-0.3, -0.25) is 4.99 Å². The smallest absolute Gasteiger partial charge is 0.410 e. The number of rotatable bonds is 0. The fourth-order valence-corrected chi connectivity index (χ4v) is 2.04. The maximum Gasteiger partial charge on any atom is 0.410 e. The van der Waals surface area contributed by atoms with E-state index in [1.54, 1.807) is 4.90 Å². The van der Waals surface area contributed by atoms with Crippen LogP contribution in [0.4, 0.5) is 4.79 Å². The molecule has 94 valence electrons. The Kier molecular flexibility index (Phi) is 2.85. The molecule has 0 unspecified atom stereocenters. The van der Waals surface area contributed by atoms with Crippen molar-refractivity contribution in [2.45, 2.75) is 32.8 Å². The highest BCUT2D eigenvalue weighted by Crippen LogP contribution is 2.24. The molecule has 0 saturated heterocycles. The van der Waals surface area contributed by atoms with E-state index in [-0.39, 0.29) is 6.09 Å². The van der Waals surface area contributed by atoms with E-state index in [2.05, 4.69) is 4.99 Å². The highest BCUT2D eigenvalue weighted by Gasteiger charge is 2.29. The van der Waals surface area contributed by atoms with Crippen molar-refractivity contribution in [3.05, 3.63) is 11.1 Å². The number of hydrogen-bond acceptors (Lipinski definition) is 4. The van der Waals surface area contributed by atoms with Crippen LogP contribution in [0.1, 0.15) is 27.2 Å². The summed E-state index contributed by atoms with van der Waals surface area (Å²) in [5, 5.41) is 0. The summed E-state index contributed by atoms with van der Waals surface area (Å²) in [6, 6.07) is 0. The van der Waals surface area contributed by atoms with Crippen LogP contribution < -0.4 is 5.73 Å². The van der Waals surface area contributed by atoms with Crippen LogP contribution in [0.15, 0.2) is 16.1 Å². The molecule has 0 radical (unpaired) electrons. The maximum absolute atomic E-state index is 11.9. The van der Waals surface area contributed by atoms with Crippen molar-refractivity contribution in [1.29, 1.82) is 0 Å². The van der Waals surface area contributed by atoms with Crippen LogP contribution in [-0.4, -0.2) is 42.1 Å². The predicted molar refractivity (Wildman–Crippen MR) is 65.9 cm³/mol. The second-order valence-corrected chi connectivity index (χ2v) is 5.44. The normalized spacial score (nSPS) is 20.2. The monoisotopic (exact) mass is 237 g/mol. The number of carbonyl (C=O) groups is 1. The fraction of sp³-hybridized carbons (Fsp3) is 0.667. The third-order valence-electron chi connectivity index (χ3n) is 2.84. The van der Waals surface area contributed by atoms with Gasteiger partial charge in [0.15, 0.2) is 0 Å². The van der Waals surface area contributed by atoms with E-state index in [4.69, 9.17) is 10.5 Å². The molecule has 0 aromatic heterocycles. The Morgan fingerprint density at radius 1 is 1.47 bits per heavy atom. The summed E-state index contributed by atoms with van der Waals surface area (Å²) in [4.78, 5) is 17.8. The largest absolute Gasteiger partial charge is 0.444 e. The van der Waals surface area contributed by atoms with Crippen LogP contribution in [0.3, 0.4) is 0 Å². The van der Waals surface area contributed by atoms with E-state index in [9.17, 15) is 4.79 Å². The van der Waals surface area contributed by atoms with Gasteiger partial charge in [0, 0.05) is 13.1 Å². The molecular weight excluding hydrogens is 218 g/mol. The van der Waals surface area contributed by atoms with Crippen LogP contribution >= 0.6 is 0 Å². The topological polar surface area (TPSA) is 67.9 Å². The zero-order valence-electron chi connectivity index (χ0n) is 10.6. The third-order valence-corrected chi connectivity index (χ3v) is 2.84.